The van der Waals surface area contributed by atoms with Crippen molar-refractivity contribution in [2.45, 2.75) is 26.2 Å². The fourth-order valence-corrected chi connectivity index (χ4v) is 3.69. The second-order valence-corrected chi connectivity index (χ2v) is 7.65. The molecule has 0 bridgehead atoms. The second-order valence-electron chi connectivity index (χ2n) is 7.65. The van der Waals surface area contributed by atoms with Gasteiger partial charge in [0.05, 0.1) is 29.9 Å². The molecule has 0 aliphatic carbocycles. The Hall–Kier alpha value is -3.89. The quantitative estimate of drug-likeness (QED) is 0.574. The van der Waals surface area contributed by atoms with E-state index in [1.54, 1.807) is 17.7 Å². The van der Waals surface area contributed by atoms with Crippen molar-refractivity contribution in [3.05, 3.63) is 70.7 Å². The fraction of sp³-hybridized carbons (Fsp3) is 0.227. The Morgan fingerprint density at radius 2 is 1.79 bits per heavy atom. The summed E-state index contributed by atoms with van der Waals surface area (Å²) in [5.74, 6) is -1.13. The molecule has 3 amide bonds. The largest absolute Gasteiger partial charge is 0.416 e. The molecule has 0 saturated heterocycles. The number of hydrogen-bond donors (Lipinski definition) is 2. The van der Waals surface area contributed by atoms with Gasteiger partial charge >= 0.3 is 12.2 Å². The lowest BCUT2D eigenvalue weighted by Gasteiger charge is -2.28. The molecule has 1 aromatic heterocycles. The van der Waals surface area contributed by atoms with Crippen LogP contribution in [0.25, 0.3) is 11.3 Å². The summed E-state index contributed by atoms with van der Waals surface area (Å²) in [4.78, 5) is 26.4. The van der Waals surface area contributed by atoms with E-state index in [9.17, 15) is 27.2 Å². The van der Waals surface area contributed by atoms with Gasteiger partial charge in [0.25, 0.3) is 5.91 Å². The van der Waals surface area contributed by atoms with Gasteiger partial charge < -0.3 is 16.0 Å². The number of rotatable bonds is 3. The lowest BCUT2D eigenvalue weighted by atomic mass is 10.0. The van der Waals surface area contributed by atoms with Crippen LogP contribution in [0.15, 0.2) is 42.5 Å². The normalized spacial score (nSPS) is 13.5. The van der Waals surface area contributed by atoms with Gasteiger partial charge in [0, 0.05) is 17.8 Å². The number of aromatic nitrogens is 2. The number of urea groups is 1. The van der Waals surface area contributed by atoms with Crippen LogP contribution in [0.5, 0.6) is 0 Å². The molecule has 33 heavy (non-hydrogen) atoms. The van der Waals surface area contributed by atoms with Gasteiger partial charge in [-0.1, -0.05) is 0 Å². The summed E-state index contributed by atoms with van der Waals surface area (Å²) in [6, 6.07) is 7.88. The molecule has 0 radical (unpaired) electrons. The van der Waals surface area contributed by atoms with Crippen LogP contribution >= 0.6 is 0 Å². The number of halogens is 4. The highest BCUT2D eigenvalue weighted by molar-refractivity contribution is 6.00. The lowest BCUT2D eigenvalue weighted by molar-refractivity contribution is -0.137. The first-order valence-corrected chi connectivity index (χ1v) is 9.94. The summed E-state index contributed by atoms with van der Waals surface area (Å²) in [6.45, 7) is 2.13. The van der Waals surface area contributed by atoms with Crippen molar-refractivity contribution in [3.8, 4) is 11.3 Å². The third-order valence-electron chi connectivity index (χ3n) is 5.41. The van der Waals surface area contributed by atoms with Gasteiger partial charge in [0.1, 0.15) is 11.5 Å². The Bertz CT molecular complexity index is 1230. The van der Waals surface area contributed by atoms with Gasteiger partial charge in [-0.25, -0.2) is 9.18 Å². The Labute approximate surface area is 185 Å². The molecular formula is C22H19F4N5O2. The minimum absolute atomic E-state index is 0.0118. The zero-order chi connectivity index (χ0) is 23.9. The number of nitrogens with zero attached hydrogens (tertiary/aromatic N) is 3. The number of carbonyl (C=O) groups excluding carboxylic acids is 2. The van der Waals surface area contributed by atoms with Gasteiger partial charge in [0.15, 0.2) is 0 Å². The van der Waals surface area contributed by atoms with Crippen molar-refractivity contribution in [2.24, 2.45) is 5.73 Å². The van der Waals surface area contributed by atoms with Crippen LogP contribution in [-0.4, -0.2) is 33.2 Å². The molecule has 3 aromatic rings. The number of primary amides is 1. The average molecular weight is 461 g/mol. The van der Waals surface area contributed by atoms with E-state index >= 15 is 0 Å². The zero-order valence-electron chi connectivity index (χ0n) is 17.4. The van der Waals surface area contributed by atoms with E-state index in [-0.39, 0.29) is 30.9 Å². The SMILES string of the molecule is Cc1cc(-c2nn3c(c2C(N)=O)CN(C(=O)Nc2ccc(C(F)(F)F)cc2)CC3)ccc1F. The van der Waals surface area contributed by atoms with Crippen molar-refractivity contribution in [1.82, 2.24) is 14.7 Å². The maximum atomic E-state index is 13.7. The van der Waals surface area contributed by atoms with Crippen molar-refractivity contribution >= 4 is 17.6 Å². The molecule has 172 valence electrons. The zero-order valence-corrected chi connectivity index (χ0v) is 17.4. The summed E-state index contributed by atoms with van der Waals surface area (Å²) in [5.41, 5.74) is 6.74. The molecule has 1 aliphatic rings. The van der Waals surface area contributed by atoms with E-state index in [0.29, 0.717) is 22.5 Å². The number of benzene rings is 2. The monoisotopic (exact) mass is 461 g/mol. The van der Waals surface area contributed by atoms with E-state index in [2.05, 4.69) is 10.4 Å². The Kier molecular flexibility index (Phi) is 5.56. The van der Waals surface area contributed by atoms with Gasteiger partial charge in [-0.3, -0.25) is 9.48 Å². The molecule has 4 rings (SSSR count). The van der Waals surface area contributed by atoms with E-state index in [1.165, 1.54) is 29.2 Å². The van der Waals surface area contributed by atoms with Crippen molar-refractivity contribution in [1.29, 1.82) is 0 Å². The molecule has 2 aromatic carbocycles. The Morgan fingerprint density at radius 3 is 2.39 bits per heavy atom. The number of carbonyl (C=O) groups is 2. The van der Waals surface area contributed by atoms with Crippen LogP contribution in [0, 0.1) is 12.7 Å². The lowest BCUT2D eigenvalue weighted by Crippen LogP contribution is -2.41. The molecule has 7 nitrogen and oxygen atoms in total. The number of anilines is 1. The van der Waals surface area contributed by atoms with Gasteiger partial charge in [0.2, 0.25) is 0 Å². The smallest absolute Gasteiger partial charge is 0.365 e. The van der Waals surface area contributed by atoms with Crippen LogP contribution in [0.3, 0.4) is 0 Å². The molecule has 0 atom stereocenters. The molecule has 0 unspecified atom stereocenters. The number of nitrogens with one attached hydrogen (secondary N) is 1. The molecule has 0 fully saturated rings. The van der Waals surface area contributed by atoms with Crippen LogP contribution in [0.2, 0.25) is 0 Å². The van der Waals surface area contributed by atoms with E-state index in [1.807, 2.05) is 0 Å². The highest BCUT2D eigenvalue weighted by atomic mass is 19.4. The minimum atomic E-state index is -4.47. The van der Waals surface area contributed by atoms with E-state index in [4.69, 9.17) is 5.73 Å². The predicted octanol–water partition coefficient (Wildman–Crippen LogP) is 4.16. The fourth-order valence-electron chi connectivity index (χ4n) is 3.69. The summed E-state index contributed by atoms with van der Waals surface area (Å²) in [7, 11) is 0. The number of aryl methyl sites for hydroxylation is 1. The molecule has 2 heterocycles. The van der Waals surface area contributed by atoms with Gasteiger partial charge in [-0.15, -0.1) is 0 Å². The first-order valence-electron chi connectivity index (χ1n) is 9.94. The van der Waals surface area contributed by atoms with Gasteiger partial charge in [-0.05, 0) is 55.0 Å². The third kappa shape index (κ3) is 4.38. The maximum Gasteiger partial charge on any atom is 0.416 e. The highest BCUT2D eigenvalue weighted by Crippen LogP contribution is 2.31. The van der Waals surface area contributed by atoms with E-state index in [0.717, 1.165) is 12.1 Å². The van der Waals surface area contributed by atoms with Crippen LogP contribution < -0.4 is 11.1 Å². The van der Waals surface area contributed by atoms with Gasteiger partial charge in [-0.2, -0.15) is 18.3 Å². The first-order chi connectivity index (χ1) is 15.5. The Morgan fingerprint density at radius 1 is 1.09 bits per heavy atom. The van der Waals surface area contributed by atoms with Crippen LogP contribution in [0.4, 0.5) is 28.0 Å². The summed E-state index contributed by atoms with van der Waals surface area (Å²) in [5, 5.41) is 7.01. The average Bonchev–Trinajstić information content (AvgIpc) is 3.14. The first kappa shape index (κ1) is 22.3. The number of amides is 3. The molecule has 11 heteroatoms. The third-order valence-corrected chi connectivity index (χ3v) is 5.41. The number of alkyl halides is 3. The molecule has 1 aliphatic heterocycles. The standard InChI is InChI=1S/C22H19F4N5O2/c1-12-10-13(2-7-16(12)23)19-18(20(27)32)17-11-30(8-9-31(17)29-19)21(33)28-15-5-3-14(4-6-15)22(24,25)26/h2-7,10H,8-9,11H2,1H3,(H2,27,32)(H,28,33). The number of nitrogens with two attached hydrogens (primary N) is 1. The van der Waals surface area contributed by atoms with Crippen molar-refractivity contribution < 1.29 is 27.2 Å². The molecule has 0 spiro atoms. The topological polar surface area (TPSA) is 93.2 Å². The van der Waals surface area contributed by atoms with Crippen molar-refractivity contribution in [3.63, 3.8) is 0 Å². The van der Waals surface area contributed by atoms with E-state index < -0.39 is 29.5 Å². The summed E-state index contributed by atoms with van der Waals surface area (Å²) >= 11 is 0. The molecule has 3 N–H and O–H groups in total. The number of hydrogen-bond acceptors (Lipinski definition) is 3. The summed E-state index contributed by atoms with van der Waals surface area (Å²) < 4.78 is 53.4. The predicted molar refractivity (Wildman–Crippen MR) is 112 cm³/mol. The van der Waals surface area contributed by atoms with Crippen molar-refractivity contribution in [2.75, 3.05) is 11.9 Å². The number of fused-ring (bicyclic) bond motifs is 1. The van der Waals surface area contributed by atoms with Crippen LogP contribution in [0.1, 0.15) is 27.2 Å². The maximum absolute atomic E-state index is 13.7. The summed E-state index contributed by atoms with van der Waals surface area (Å²) in [6.07, 6.45) is -4.47. The minimum Gasteiger partial charge on any atom is -0.365 e. The molecular weight excluding hydrogens is 442 g/mol. The van der Waals surface area contributed by atoms with Crippen LogP contribution in [-0.2, 0) is 19.3 Å². The Balaban J connectivity index is 1.57. The second kappa shape index (κ2) is 8.23. The highest BCUT2D eigenvalue weighted by Gasteiger charge is 2.31. The molecule has 0 saturated carbocycles.